The highest BCUT2D eigenvalue weighted by Crippen LogP contribution is 2.36. The molecule has 4 heterocycles. The van der Waals surface area contributed by atoms with Gasteiger partial charge in [0.25, 0.3) is 0 Å². The van der Waals surface area contributed by atoms with Gasteiger partial charge in [0.2, 0.25) is 0 Å². The van der Waals surface area contributed by atoms with Crippen LogP contribution >= 0.6 is 0 Å². The lowest BCUT2D eigenvalue weighted by atomic mass is 10.1. The molecule has 0 amide bonds. The second kappa shape index (κ2) is 7.47. The Morgan fingerprint density at radius 1 is 0.655 bits per heavy atom. The Balaban J connectivity index is 1.09. The zero-order valence-corrected chi connectivity index (χ0v) is 16.6. The fourth-order valence-corrected chi connectivity index (χ4v) is 5.32. The van der Waals surface area contributed by atoms with Gasteiger partial charge in [0, 0.05) is 13.1 Å². The molecule has 4 aliphatic heterocycles. The first-order chi connectivity index (χ1) is 14.3. The van der Waals surface area contributed by atoms with Gasteiger partial charge in [-0.1, -0.05) is 60.7 Å². The van der Waals surface area contributed by atoms with Gasteiger partial charge in [0.15, 0.2) is 0 Å². The van der Waals surface area contributed by atoms with E-state index >= 15 is 0 Å². The molecule has 0 radical (unpaired) electrons. The molecule has 0 aliphatic carbocycles. The molecule has 6 rings (SSSR count). The first-order valence-corrected chi connectivity index (χ1v) is 10.6. The van der Waals surface area contributed by atoms with Gasteiger partial charge in [-0.25, -0.2) is 0 Å². The third kappa shape index (κ3) is 3.30. The minimum atomic E-state index is 0.218. The van der Waals surface area contributed by atoms with Crippen molar-refractivity contribution in [3.8, 4) is 0 Å². The Hall–Kier alpha value is -1.80. The monoisotopic (exact) mass is 392 g/mol. The van der Waals surface area contributed by atoms with Gasteiger partial charge in [-0.2, -0.15) is 0 Å². The first kappa shape index (κ1) is 18.0. The SMILES string of the molecule is c1ccc([C@H]2COC3CN(CN4CC5OC[C@H](c6ccccc6)N5C4)CN32)cc1. The highest BCUT2D eigenvalue weighted by atomic mass is 16.5. The van der Waals surface area contributed by atoms with E-state index in [0.29, 0.717) is 12.1 Å². The van der Waals surface area contributed by atoms with Crippen LogP contribution in [-0.2, 0) is 9.47 Å². The smallest absolute Gasteiger partial charge is 0.125 e. The minimum absolute atomic E-state index is 0.218. The molecule has 4 fully saturated rings. The summed E-state index contributed by atoms with van der Waals surface area (Å²) in [6.45, 7) is 6.46. The lowest BCUT2D eigenvalue weighted by Gasteiger charge is -2.27. The third-order valence-electron chi connectivity index (χ3n) is 6.76. The molecule has 0 aromatic heterocycles. The third-order valence-corrected chi connectivity index (χ3v) is 6.76. The maximum absolute atomic E-state index is 6.12. The Morgan fingerprint density at radius 3 is 1.55 bits per heavy atom. The summed E-state index contributed by atoms with van der Waals surface area (Å²) < 4.78 is 12.2. The van der Waals surface area contributed by atoms with Crippen molar-refractivity contribution in [2.24, 2.45) is 0 Å². The Kier molecular flexibility index (Phi) is 4.64. The zero-order chi connectivity index (χ0) is 19.2. The van der Waals surface area contributed by atoms with Gasteiger partial charge < -0.3 is 9.47 Å². The van der Waals surface area contributed by atoms with E-state index in [1.807, 2.05) is 0 Å². The van der Waals surface area contributed by atoms with Crippen LogP contribution in [0.5, 0.6) is 0 Å². The maximum Gasteiger partial charge on any atom is 0.125 e. The highest BCUT2D eigenvalue weighted by Gasteiger charge is 2.45. The van der Waals surface area contributed by atoms with E-state index in [9.17, 15) is 0 Å². The van der Waals surface area contributed by atoms with Crippen LogP contribution in [0.15, 0.2) is 60.7 Å². The molecule has 0 spiro atoms. The lowest BCUT2D eigenvalue weighted by Crippen LogP contribution is -2.39. The number of nitrogens with zero attached hydrogens (tertiary/aromatic N) is 4. The van der Waals surface area contributed by atoms with E-state index in [0.717, 1.165) is 46.3 Å². The molecule has 2 aromatic rings. The molecule has 0 bridgehead atoms. The van der Waals surface area contributed by atoms with Crippen molar-refractivity contribution in [2.75, 3.05) is 46.3 Å². The fourth-order valence-electron chi connectivity index (χ4n) is 5.32. The molecule has 4 aliphatic rings. The molecular weight excluding hydrogens is 364 g/mol. The van der Waals surface area contributed by atoms with Crippen molar-refractivity contribution in [1.29, 1.82) is 0 Å². The number of fused-ring (bicyclic) bond motifs is 2. The summed E-state index contributed by atoms with van der Waals surface area (Å²) in [5, 5.41) is 0. The van der Waals surface area contributed by atoms with E-state index in [1.54, 1.807) is 0 Å². The predicted molar refractivity (Wildman–Crippen MR) is 110 cm³/mol. The average molecular weight is 393 g/mol. The normalized spacial score (nSPS) is 33.4. The average Bonchev–Trinajstić information content (AvgIpc) is 3.50. The molecule has 2 unspecified atom stereocenters. The summed E-state index contributed by atoms with van der Waals surface area (Å²) in [5.41, 5.74) is 2.72. The Labute approximate surface area is 172 Å². The number of benzene rings is 2. The molecule has 29 heavy (non-hydrogen) atoms. The van der Waals surface area contributed by atoms with E-state index in [-0.39, 0.29) is 12.5 Å². The van der Waals surface area contributed by atoms with Gasteiger partial charge in [0.1, 0.15) is 12.5 Å². The van der Waals surface area contributed by atoms with Gasteiger partial charge in [-0.05, 0) is 11.1 Å². The van der Waals surface area contributed by atoms with Crippen LogP contribution in [0, 0.1) is 0 Å². The topological polar surface area (TPSA) is 31.4 Å². The van der Waals surface area contributed by atoms with Crippen molar-refractivity contribution in [1.82, 2.24) is 19.6 Å². The van der Waals surface area contributed by atoms with Gasteiger partial charge in [-0.15, -0.1) is 0 Å². The van der Waals surface area contributed by atoms with Gasteiger partial charge in [-0.3, -0.25) is 19.6 Å². The summed E-state index contributed by atoms with van der Waals surface area (Å²) in [5.74, 6) is 0. The standard InChI is InChI=1S/C23H28N4O2/c1-3-7-18(8-4-1)20-13-28-22-11-24(16-26(20)22)15-25-12-23-27(17-25)21(14-29-23)19-9-5-2-6-10-19/h1-10,20-23H,11-17H2/t20-,21-,22?,23?/m1/s1. The maximum atomic E-state index is 6.12. The molecule has 4 saturated heterocycles. The highest BCUT2D eigenvalue weighted by molar-refractivity contribution is 5.21. The second-order valence-electron chi connectivity index (χ2n) is 8.59. The predicted octanol–water partition coefficient (Wildman–Crippen LogP) is 2.29. The molecule has 0 N–H and O–H groups in total. The van der Waals surface area contributed by atoms with E-state index in [2.05, 4.69) is 80.3 Å². The molecule has 0 saturated carbocycles. The molecular formula is C23H28N4O2. The minimum Gasteiger partial charge on any atom is -0.360 e. The molecule has 2 aromatic carbocycles. The largest absolute Gasteiger partial charge is 0.360 e. The van der Waals surface area contributed by atoms with Crippen molar-refractivity contribution in [2.45, 2.75) is 24.5 Å². The Morgan fingerprint density at radius 2 is 1.10 bits per heavy atom. The summed E-state index contributed by atoms with van der Waals surface area (Å²) in [6.07, 6.45) is 0.437. The van der Waals surface area contributed by atoms with Crippen LogP contribution in [0.3, 0.4) is 0 Å². The van der Waals surface area contributed by atoms with E-state index < -0.39 is 0 Å². The number of rotatable bonds is 4. The zero-order valence-electron chi connectivity index (χ0n) is 16.6. The first-order valence-electron chi connectivity index (χ1n) is 10.6. The van der Waals surface area contributed by atoms with Crippen molar-refractivity contribution in [3.05, 3.63) is 71.8 Å². The van der Waals surface area contributed by atoms with Gasteiger partial charge in [0.05, 0.1) is 45.3 Å². The van der Waals surface area contributed by atoms with Crippen molar-refractivity contribution >= 4 is 0 Å². The second-order valence-corrected chi connectivity index (χ2v) is 8.59. The molecule has 4 atom stereocenters. The Bertz CT molecular complexity index is 766. The van der Waals surface area contributed by atoms with Crippen LogP contribution in [0.25, 0.3) is 0 Å². The van der Waals surface area contributed by atoms with Gasteiger partial charge >= 0.3 is 0 Å². The van der Waals surface area contributed by atoms with Crippen molar-refractivity contribution < 1.29 is 9.47 Å². The van der Waals surface area contributed by atoms with Crippen molar-refractivity contribution in [3.63, 3.8) is 0 Å². The van der Waals surface area contributed by atoms with Crippen LogP contribution in [0.1, 0.15) is 23.2 Å². The summed E-state index contributed by atoms with van der Waals surface area (Å²) in [7, 11) is 0. The summed E-state index contributed by atoms with van der Waals surface area (Å²) >= 11 is 0. The molecule has 152 valence electrons. The summed E-state index contributed by atoms with van der Waals surface area (Å²) in [4.78, 5) is 10.0. The van der Waals surface area contributed by atoms with E-state index in [4.69, 9.17) is 9.47 Å². The van der Waals surface area contributed by atoms with Crippen LogP contribution in [-0.4, -0.2) is 78.4 Å². The van der Waals surface area contributed by atoms with Crippen LogP contribution in [0.2, 0.25) is 0 Å². The van der Waals surface area contributed by atoms with E-state index in [1.165, 1.54) is 11.1 Å². The molecule has 6 nitrogen and oxygen atoms in total. The number of ether oxygens (including phenoxy) is 2. The molecule has 6 heteroatoms. The van der Waals surface area contributed by atoms with Crippen LogP contribution < -0.4 is 0 Å². The summed E-state index contributed by atoms with van der Waals surface area (Å²) in [6, 6.07) is 22.3. The quantitative estimate of drug-likeness (QED) is 0.794. The fraction of sp³-hybridized carbons (Fsp3) is 0.478. The van der Waals surface area contributed by atoms with Crippen LogP contribution in [0.4, 0.5) is 0 Å². The lowest BCUT2D eigenvalue weighted by molar-refractivity contribution is 0.0610. The number of hydrogen-bond acceptors (Lipinski definition) is 6. The number of hydrogen-bond donors (Lipinski definition) is 0.